The standard InChI is InChI=1S/C34H44F4N2O8/c1-21(2)17-26(39-6)30(42)46-22(3)29(41)40(7)27(19-33(4,5)35)31(43)47-28(32(44)45-20-24-11-9-8-10-12-24)18-23-13-15-25(16-14-23)48-34(36,37)38/h8-16,21-22,26-28,39H,17-20H2,1-7H3/t22-,26-,27+,28-/m1/s1. The third-order valence-corrected chi connectivity index (χ3v) is 7.07. The molecule has 0 aliphatic heterocycles. The largest absolute Gasteiger partial charge is 0.573 e. The van der Waals surface area contributed by atoms with Gasteiger partial charge >= 0.3 is 24.3 Å². The summed E-state index contributed by atoms with van der Waals surface area (Å²) in [6, 6.07) is 10.9. The number of carbonyl (C=O) groups excluding carboxylic acids is 4. The number of hydrogen-bond acceptors (Lipinski definition) is 9. The molecule has 2 aromatic carbocycles. The third-order valence-electron chi connectivity index (χ3n) is 7.07. The zero-order valence-electron chi connectivity index (χ0n) is 28.1. The Morgan fingerprint density at radius 2 is 1.44 bits per heavy atom. The van der Waals surface area contributed by atoms with Gasteiger partial charge in [-0.05, 0) is 63.4 Å². The van der Waals surface area contributed by atoms with Gasteiger partial charge in [0.2, 0.25) is 6.10 Å². The molecule has 0 radical (unpaired) electrons. The Morgan fingerprint density at radius 1 is 0.833 bits per heavy atom. The van der Waals surface area contributed by atoms with Crippen molar-refractivity contribution in [1.29, 1.82) is 0 Å². The number of rotatable bonds is 17. The topological polar surface area (TPSA) is 120 Å². The fourth-order valence-electron chi connectivity index (χ4n) is 4.64. The molecule has 0 aliphatic rings. The molecule has 14 heteroatoms. The average Bonchev–Trinajstić information content (AvgIpc) is 3.00. The Morgan fingerprint density at radius 3 is 1.96 bits per heavy atom. The van der Waals surface area contributed by atoms with Crippen LogP contribution < -0.4 is 10.1 Å². The zero-order chi connectivity index (χ0) is 36.2. The Balaban J connectivity index is 2.31. The van der Waals surface area contributed by atoms with Crippen molar-refractivity contribution in [2.45, 2.75) is 96.8 Å². The molecule has 0 aliphatic carbocycles. The SMILES string of the molecule is CN[C@H](CC(C)C)C(=O)O[C@H](C)C(=O)N(C)[C@@H](CC(C)(C)F)C(=O)O[C@H](Cc1ccc(OC(F)(F)F)cc1)C(=O)OCc1ccccc1. The molecule has 48 heavy (non-hydrogen) atoms. The van der Waals surface area contributed by atoms with Crippen LogP contribution >= 0.6 is 0 Å². The molecule has 0 saturated carbocycles. The summed E-state index contributed by atoms with van der Waals surface area (Å²) in [6.07, 6.45) is -8.33. The first-order valence-electron chi connectivity index (χ1n) is 15.4. The van der Waals surface area contributed by atoms with Crippen LogP contribution in [0.1, 0.15) is 58.6 Å². The van der Waals surface area contributed by atoms with E-state index >= 15 is 0 Å². The Labute approximate surface area is 278 Å². The van der Waals surface area contributed by atoms with Crippen LogP contribution in [0.2, 0.25) is 0 Å². The van der Waals surface area contributed by atoms with Crippen LogP contribution in [0, 0.1) is 5.92 Å². The lowest BCUT2D eigenvalue weighted by Gasteiger charge is -2.32. The van der Waals surface area contributed by atoms with Crippen molar-refractivity contribution in [2.75, 3.05) is 14.1 Å². The van der Waals surface area contributed by atoms with Gasteiger partial charge in [-0.3, -0.25) is 9.59 Å². The number of halogens is 4. The summed E-state index contributed by atoms with van der Waals surface area (Å²) in [5.41, 5.74) is -1.08. The van der Waals surface area contributed by atoms with Crippen LogP contribution in [0.5, 0.6) is 5.75 Å². The van der Waals surface area contributed by atoms with Gasteiger partial charge in [0.1, 0.15) is 30.1 Å². The van der Waals surface area contributed by atoms with Crippen molar-refractivity contribution < 1.29 is 55.7 Å². The van der Waals surface area contributed by atoms with E-state index in [2.05, 4.69) is 10.1 Å². The highest BCUT2D eigenvalue weighted by Crippen LogP contribution is 2.25. The maximum Gasteiger partial charge on any atom is 0.573 e. The molecule has 0 aromatic heterocycles. The number of benzene rings is 2. The van der Waals surface area contributed by atoms with Gasteiger partial charge in [0, 0.05) is 19.9 Å². The number of carbonyl (C=O) groups is 4. The maximum absolute atomic E-state index is 15.0. The summed E-state index contributed by atoms with van der Waals surface area (Å²) in [4.78, 5) is 53.8. The van der Waals surface area contributed by atoms with Gasteiger partial charge in [-0.25, -0.2) is 14.0 Å². The summed E-state index contributed by atoms with van der Waals surface area (Å²) in [6.45, 7) is 7.34. The first-order valence-corrected chi connectivity index (χ1v) is 15.4. The first-order chi connectivity index (χ1) is 22.3. The second kappa shape index (κ2) is 17.8. The lowest BCUT2D eigenvalue weighted by atomic mass is 9.99. The van der Waals surface area contributed by atoms with E-state index in [1.54, 1.807) is 37.4 Å². The minimum atomic E-state index is -4.91. The molecule has 0 saturated heterocycles. The van der Waals surface area contributed by atoms with Crippen LogP contribution in [-0.4, -0.2) is 79.1 Å². The fourth-order valence-corrected chi connectivity index (χ4v) is 4.64. The van der Waals surface area contributed by atoms with Crippen molar-refractivity contribution in [1.82, 2.24) is 10.2 Å². The monoisotopic (exact) mass is 684 g/mol. The highest BCUT2D eigenvalue weighted by atomic mass is 19.4. The van der Waals surface area contributed by atoms with Crippen molar-refractivity contribution >= 4 is 23.8 Å². The molecule has 1 N–H and O–H groups in total. The quantitative estimate of drug-likeness (QED) is 0.134. The summed E-state index contributed by atoms with van der Waals surface area (Å²) in [5.74, 6) is -4.00. The molecule has 0 heterocycles. The lowest BCUT2D eigenvalue weighted by molar-refractivity contribution is -0.274. The van der Waals surface area contributed by atoms with Crippen LogP contribution in [0.4, 0.5) is 17.6 Å². The van der Waals surface area contributed by atoms with Crippen LogP contribution in [-0.2, 0) is 46.4 Å². The van der Waals surface area contributed by atoms with E-state index < -0.39 is 72.3 Å². The summed E-state index contributed by atoms with van der Waals surface area (Å²) >= 11 is 0. The Kier molecular flexibility index (Phi) is 14.8. The van der Waals surface area contributed by atoms with Gasteiger partial charge in [0.25, 0.3) is 5.91 Å². The number of likely N-dealkylation sites (N-methyl/N-ethyl adjacent to an activating group) is 2. The predicted molar refractivity (Wildman–Crippen MR) is 167 cm³/mol. The number of amides is 1. The number of hydrogen-bond donors (Lipinski definition) is 1. The van der Waals surface area contributed by atoms with Crippen LogP contribution in [0.25, 0.3) is 0 Å². The molecule has 0 bridgehead atoms. The minimum absolute atomic E-state index is 0.146. The Hall–Kier alpha value is -4.20. The smallest absolute Gasteiger partial charge is 0.458 e. The minimum Gasteiger partial charge on any atom is -0.458 e. The van der Waals surface area contributed by atoms with Gasteiger partial charge in [-0.1, -0.05) is 56.3 Å². The van der Waals surface area contributed by atoms with Gasteiger partial charge < -0.3 is 29.2 Å². The molecule has 4 atom stereocenters. The number of alkyl halides is 4. The van der Waals surface area contributed by atoms with Crippen LogP contribution in [0.15, 0.2) is 54.6 Å². The second-order valence-electron chi connectivity index (χ2n) is 12.4. The molecular weight excluding hydrogens is 640 g/mol. The third kappa shape index (κ3) is 13.9. The lowest BCUT2D eigenvalue weighted by Crippen LogP contribution is -2.51. The van der Waals surface area contributed by atoms with Crippen molar-refractivity contribution in [3.05, 3.63) is 65.7 Å². The summed E-state index contributed by atoms with van der Waals surface area (Å²) in [7, 11) is 2.80. The highest BCUT2D eigenvalue weighted by Gasteiger charge is 2.39. The van der Waals surface area contributed by atoms with E-state index in [9.17, 15) is 36.7 Å². The van der Waals surface area contributed by atoms with E-state index in [1.807, 2.05) is 13.8 Å². The average molecular weight is 685 g/mol. The number of esters is 3. The molecule has 0 unspecified atom stereocenters. The van der Waals surface area contributed by atoms with Crippen molar-refractivity contribution in [3.8, 4) is 5.75 Å². The number of nitrogens with zero attached hydrogens (tertiary/aromatic N) is 1. The first kappa shape index (κ1) is 40.0. The molecule has 2 rings (SSSR count). The van der Waals surface area contributed by atoms with Gasteiger partial charge in [0.05, 0.1) is 0 Å². The molecule has 10 nitrogen and oxygen atoms in total. The van der Waals surface area contributed by atoms with Gasteiger partial charge in [0.15, 0.2) is 6.10 Å². The number of ether oxygens (including phenoxy) is 4. The van der Waals surface area contributed by atoms with Crippen molar-refractivity contribution in [2.24, 2.45) is 5.92 Å². The van der Waals surface area contributed by atoms with Crippen LogP contribution in [0.3, 0.4) is 0 Å². The molecule has 266 valence electrons. The van der Waals surface area contributed by atoms with Crippen molar-refractivity contribution in [3.63, 3.8) is 0 Å². The zero-order valence-corrected chi connectivity index (χ0v) is 28.1. The number of nitrogens with one attached hydrogen (secondary N) is 1. The summed E-state index contributed by atoms with van der Waals surface area (Å²) < 4.78 is 73.0. The summed E-state index contributed by atoms with van der Waals surface area (Å²) in [5, 5.41) is 2.84. The predicted octanol–water partition coefficient (Wildman–Crippen LogP) is 5.31. The molecule has 2 aromatic rings. The Bertz CT molecular complexity index is 1350. The molecular formula is C34H44F4N2O8. The normalized spacial score (nSPS) is 14.3. The highest BCUT2D eigenvalue weighted by molar-refractivity contribution is 5.89. The molecule has 1 amide bonds. The fraction of sp³-hybridized carbons (Fsp3) is 0.529. The molecule has 0 spiro atoms. The van der Waals surface area contributed by atoms with E-state index in [4.69, 9.17) is 14.2 Å². The second-order valence-corrected chi connectivity index (χ2v) is 12.4. The van der Waals surface area contributed by atoms with Gasteiger partial charge in [-0.15, -0.1) is 13.2 Å². The van der Waals surface area contributed by atoms with E-state index in [1.165, 1.54) is 40.0 Å². The maximum atomic E-state index is 15.0. The molecule has 0 fully saturated rings. The van der Waals surface area contributed by atoms with E-state index in [0.717, 1.165) is 17.0 Å². The van der Waals surface area contributed by atoms with E-state index in [-0.39, 0.29) is 24.5 Å². The van der Waals surface area contributed by atoms with Gasteiger partial charge in [-0.2, -0.15) is 0 Å². The van der Waals surface area contributed by atoms with E-state index in [0.29, 0.717) is 12.0 Å².